The molecule has 0 fully saturated rings. The van der Waals surface area contributed by atoms with Gasteiger partial charge in [0.2, 0.25) is 11.8 Å². The predicted molar refractivity (Wildman–Crippen MR) is 128 cm³/mol. The lowest BCUT2D eigenvalue weighted by Crippen LogP contribution is -2.51. The smallest absolute Gasteiger partial charge is 0.416 e. The van der Waals surface area contributed by atoms with E-state index in [2.05, 4.69) is 16.0 Å². The van der Waals surface area contributed by atoms with Crippen LogP contribution < -0.4 is 20.7 Å². The maximum Gasteiger partial charge on any atom is 0.416 e. The highest BCUT2D eigenvalue weighted by molar-refractivity contribution is 5.84. The van der Waals surface area contributed by atoms with Gasteiger partial charge in [-0.2, -0.15) is 13.2 Å². The number of nitrogens with one attached hydrogen (secondary N) is 3. The first-order chi connectivity index (χ1) is 17.6. The lowest BCUT2D eigenvalue weighted by Gasteiger charge is -2.25. The number of amides is 2. The van der Waals surface area contributed by atoms with Crippen molar-refractivity contribution < 1.29 is 37.0 Å². The standard InChI is InChI=1S/C26H31F4N3O4/c27-20-10-18-11-21(13-20)37-8-3-1-2-7-24(35)32-16-25(36)33-22(12-18)23(34)15-31-14-17-5-4-6-19(9-17)26(28,29)30/h4-6,9-11,13,22-23,31,34H,1-3,7-8,12,14-16H2,(H,32,35)(H,33,36)/t22-,23+/m0/s1. The van der Waals surface area contributed by atoms with Gasteiger partial charge in [-0.3, -0.25) is 9.59 Å². The van der Waals surface area contributed by atoms with Crippen molar-refractivity contribution in [1.82, 2.24) is 16.0 Å². The molecule has 3 rings (SSSR count). The van der Waals surface area contributed by atoms with Gasteiger partial charge in [0.15, 0.2) is 0 Å². The minimum atomic E-state index is -4.47. The van der Waals surface area contributed by atoms with Crippen LogP contribution in [0.3, 0.4) is 0 Å². The monoisotopic (exact) mass is 525 g/mol. The third-order valence-corrected chi connectivity index (χ3v) is 5.90. The predicted octanol–water partition coefficient (Wildman–Crippen LogP) is 3.09. The Kier molecular flexibility index (Phi) is 10.3. The second kappa shape index (κ2) is 13.4. The Hall–Kier alpha value is -3.18. The van der Waals surface area contributed by atoms with Gasteiger partial charge >= 0.3 is 6.18 Å². The van der Waals surface area contributed by atoms with Crippen molar-refractivity contribution in [1.29, 1.82) is 0 Å². The minimum absolute atomic E-state index is 0.0512. The summed E-state index contributed by atoms with van der Waals surface area (Å²) in [5.74, 6) is -1.00. The fraction of sp³-hybridized carbons (Fsp3) is 0.462. The molecule has 0 spiro atoms. The number of alkyl halides is 3. The molecule has 1 heterocycles. The fourth-order valence-electron chi connectivity index (χ4n) is 4.00. The number of halogens is 4. The Bertz CT molecular complexity index is 1060. The molecule has 2 bridgehead atoms. The third-order valence-electron chi connectivity index (χ3n) is 5.90. The number of aliphatic hydroxyl groups excluding tert-OH is 1. The van der Waals surface area contributed by atoms with E-state index in [-0.39, 0.29) is 38.4 Å². The number of benzene rings is 2. The van der Waals surface area contributed by atoms with Crippen LogP contribution in [0.5, 0.6) is 5.75 Å². The second-order valence-electron chi connectivity index (χ2n) is 9.01. The van der Waals surface area contributed by atoms with E-state index < -0.39 is 35.6 Å². The Morgan fingerprint density at radius 2 is 1.89 bits per heavy atom. The molecule has 0 unspecified atom stereocenters. The molecular formula is C26H31F4N3O4. The van der Waals surface area contributed by atoms with Crippen molar-refractivity contribution in [3.8, 4) is 5.75 Å². The molecule has 0 saturated heterocycles. The number of rotatable bonds is 5. The van der Waals surface area contributed by atoms with Gasteiger partial charge in [0.1, 0.15) is 11.6 Å². The number of hydrogen-bond acceptors (Lipinski definition) is 5. The van der Waals surface area contributed by atoms with Crippen molar-refractivity contribution in [3.05, 3.63) is 65.0 Å². The molecule has 0 aliphatic carbocycles. The van der Waals surface area contributed by atoms with Crippen LogP contribution in [-0.2, 0) is 28.7 Å². The van der Waals surface area contributed by atoms with E-state index in [1.54, 1.807) is 6.07 Å². The highest BCUT2D eigenvalue weighted by Crippen LogP contribution is 2.29. The second-order valence-corrected chi connectivity index (χ2v) is 9.01. The molecule has 2 amide bonds. The van der Waals surface area contributed by atoms with Crippen LogP contribution in [0, 0.1) is 5.82 Å². The quantitative estimate of drug-likeness (QED) is 0.450. The van der Waals surface area contributed by atoms with Gasteiger partial charge in [-0.25, -0.2) is 4.39 Å². The van der Waals surface area contributed by atoms with Gasteiger partial charge < -0.3 is 25.8 Å². The van der Waals surface area contributed by atoms with Crippen molar-refractivity contribution in [3.63, 3.8) is 0 Å². The number of aliphatic hydroxyl groups is 1. The Labute approximate surface area is 212 Å². The van der Waals surface area contributed by atoms with E-state index in [0.29, 0.717) is 36.3 Å². The van der Waals surface area contributed by atoms with Crippen LogP contribution in [0.15, 0.2) is 42.5 Å². The van der Waals surface area contributed by atoms with Crippen molar-refractivity contribution in [2.24, 2.45) is 0 Å². The highest BCUT2D eigenvalue weighted by Gasteiger charge is 2.30. The lowest BCUT2D eigenvalue weighted by atomic mass is 10.00. The van der Waals surface area contributed by atoms with Crippen LogP contribution in [0.2, 0.25) is 0 Å². The molecule has 7 nitrogen and oxygen atoms in total. The SMILES string of the molecule is O=C1CCCCCOc2cc(F)cc(c2)C[C@@H]([C@H](O)CNCc2cccc(C(F)(F)F)c2)NC(=O)CN1. The first-order valence-electron chi connectivity index (χ1n) is 12.1. The molecule has 11 heteroatoms. The summed E-state index contributed by atoms with van der Waals surface area (Å²) >= 11 is 0. The topological polar surface area (TPSA) is 99.7 Å². The molecule has 1 aliphatic heterocycles. The maximum atomic E-state index is 14.2. The zero-order valence-electron chi connectivity index (χ0n) is 20.2. The van der Waals surface area contributed by atoms with Gasteiger partial charge in [-0.15, -0.1) is 0 Å². The van der Waals surface area contributed by atoms with Crippen LogP contribution in [0.1, 0.15) is 42.4 Å². The lowest BCUT2D eigenvalue weighted by molar-refractivity contribution is -0.137. The van der Waals surface area contributed by atoms with E-state index in [1.807, 2.05) is 0 Å². The average Bonchev–Trinajstić information content (AvgIpc) is 2.83. The zero-order chi connectivity index (χ0) is 26.8. The van der Waals surface area contributed by atoms with E-state index in [4.69, 9.17) is 4.74 Å². The summed E-state index contributed by atoms with van der Waals surface area (Å²) in [6.45, 7) is 0.0614. The average molecular weight is 526 g/mol. The molecule has 1 aliphatic rings. The largest absolute Gasteiger partial charge is 0.493 e. The fourth-order valence-corrected chi connectivity index (χ4v) is 4.00. The van der Waals surface area contributed by atoms with Crippen LogP contribution in [0.25, 0.3) is 0 Å². The van der Waals surface area contributed by atoms with Gasteiger partial charge in [0, 0.05) is 25.6 Å². The Morgan fingerprint density at radius 3 is 2.68 bits per heavy atom. The maximum absolute atomic E-state index is 14.2. The number of ether oxygens (including phenoxy) is 1. The summed E-state index contributed by atoms with van der Waals surface area (Å²) in [7, 11) is 0. The molecule has 2 aromatic rings. The summed E-state index contributed by atoms with van der Waals surface area (Å²) in [5, 5.41) is 18.9. The third kappa shape index (κ3) is 9.66. The Balaban J connectivity index is 1.70. The molecule has 37 heavy (non-hydrogen) atoms. The number of carbonyl (C=O) groups excluding carboxylic acids is 2. The minimum Gasteiger partial charge on any atom is -0.493 e. The van der Waals surface area contributed by atoms with E-state index in [9.17, 15) is 32.3 Å². The van der Waals surface area contributed by atoms with Crippen molar-refractivity contribution >= 4 is 11.8 Å². The van der Waals surface area contributed by atoms with Crippen LogP contribution >= 0.6 is 0 Å². The Morgan fingerprint density at radius 1 is 1.08 bits per heavy atom. The summed E-state index contributed by atoms with van der Waals surface area (Å²) in [5.41, 5.74) is 0.0790. The number of carbonyl (C=O) groups is 2. The van der Waals surface area contributed by atoms with Crippen LogP contribution in [0.4, 0.5) is 17.6 Å². The summed E-state index contributed by atoms with van der Waals surface area (Å²) in [6.07, 6.45) is -3.29. The van der Waals surface area contributed by atoms with Gasteiger partial charge in [0.25, 0.3) is 0 Å². The molecular weight excluding hydrogens is 494 g/mol. The van der Waals surface area contributed by atoms with E-state index >= 15 is 0 Å². The van der Waals surface area contributed by atoms with Gasteiger partial charge in [0.05, 0.1) is 30.9 Å². The van der Waals surface area contributed by atoms with Gasteiger partial charge in [-0.1, -0.05) is 18.2 Å². The van der Waals surface area contributed by atoms with Crippen molar-refractivity contribution in [2.75, 3.05) is 19.7 Å². The molecule has 0 radical (unpaired) electrons. The first kappa shape index (κ1) is 28.4. The molecule has 2 aromatic carbocycles. The van der Waals surface area contributed by atoms with E-state index in [0.717, 1.165) is 18.6 Å². The number of fused-ring (bicyclic) bond motifs is 2. The molecule has 0 aromatic heterocycles. The van der Waals surface area contributed by atoms with E-state index in [1.165, 1.54) is 24.3 Å². The van der Waals surface area contributed by atoms with Crippen molar-refractivity contribution in [2.45, 2.75) is 57.0 Å². The van der Waals surface area contributed by atoms with Crippen LogP contribution in [-0.4, -0.2) is 48.8 Å². The highest BCUT2D eigenvalue weighted by atomic mass is 19.4. The molecule has 4 N–H and O–H groups in total. The molecule has 202 valence electrons. The zero-order valence-corrected chi connectivity index (χ0v) is 20.2. The normalized spacial score (nSPS) is 18.9. The summed E-state index contributed by atoms with van der Waals surface area (Å²) in [4.78, 5) is 24.5. The number of hydrogen-bond donors (Lipinski definition) is 4. The summed E-state index contributed by atoms with van der Waals surface area (Å²) in [6, 6.07) is 8.11. The summed E-state index contributed by atoms with van der Waals surface area (Å²) < 4.78 is 58.7. The van der Waals surface area contributed by atoms with Gasteiger partial charge in [-0.05, 0) is 55.0 Å². The molecule has 2 atom stereocenters. The first-order valence-corrected chi connectivity index (χ1v) is 12.1. The molecule has 0 saturated carbocycles.